The van der Waals surface area contributed by atoms with Crippen molar-refractivity contribution in [3.8, 4) is 5.75 Å². The van der Waals surface area contributed by atoms with E-state index in [9.17, 15) is 39.6 Å². The Morgan fingerprint density at radius 3 is 2.51 bits per heavy atom. The fourth-order valence-corrected chi connectivity index (χ4v) is 5.15. The molecule has 7 nitrogen and oxygen atoms in total. The van der Waals surface area contributed by atoms with Gasteiger partial charge in [-0.15, -0.1) is 0 Å². The number of hydrogen-bond acceptors (Lipinski definition) is 6. The number of sulfone groups is 1. The zero-order chi connectivity index (χ0) is 26.0. The average molecular weight is 526 g/mol. The van der Waals surface area contributed by atoms with Crippen LogP contribution in [-0.4, -0.2) is 55.5 Å². The van der Waals surface area contributed by atoms with Crippen molar-refractivity contribution in [3.63, 3.8) is 0 Å². The standard InChI is InChI=1S/C21H20F6N2O5S/c1-3-35(31,32)13-4-5-15(33-11(2)20(22,23)24)14(6-13)18(30)29-9-12-8-19(12,10-29)16-7-17(34-28-16)21(25,26)27/h4-7,11-12H,3,8-10H2,1-2H3/t11-,12?,19+/m1/s1. The van der Waals surface area contributed by atoms with E-state index in [1.54, 1.807) is 0 Å². The van der Waals surface area contributed by atoms with Gasteiger partial charge in [0.15, 0.2) is 15.9 Å². The molecule has 2 aromatic rings. The molecule has 0 radical (unpaired) electrons. The second-order valence-corrected chi connectivity index (χ2v) is 11.0. The van der Waals surface area contributed by atoms with E-state index in [-0.39, 0.29) is 40.9 Å². The Bertz CT molecular complexity index is 1260. The molecule has 2 fully saturated rings. The third kappa shape index (κ3) is 4.59. The molecule has 0 bridgehead atoms. The lowest BCUT2D eigenvalue weighted by Crippen LogP contribution is -2.35. The zero-order valence-electron chi connectivity index (χ0n) is 18.4. The second-order valence-electron chi connectivity index (χ2n) is 8.68. The summed E-state index contributed by atoms with van der Waals surface area (Å²) < 4.78 is 112. The monoisotopic (exact) mass is 526 g/mol. The molecule has 14 heteroatoms. The highest BCUT2D eigenvalue weighted by Gasteiger charge is 2.64. The highest BCUT2D eigenvalue weighted by atomic mass is 32.2. The third-order valence-electron chi connectivity index (χ3n) is 6.42. The van der Waals surface area contributed by atoms with Gasteiger partial charge in [0.2, 0.25) is 5.76 Å². The third-order valence-corrected chi connectivity index (χ3v) is 8.15. The van der Waals surface area contributed by atoms with Crippen molar-refractivity contribution in [2.24, 2.45) is 5.92 Å². The van der Waals surface area contributed by atoms with E-state index in [4.69, 9.17) is 4.74 Å². The molecule has 2 aliphatic rings. The molecule has 0 N–H and O–H groups in total. The van der Waals surface area contributed by atoms with Crippen molar-refractivity contribution in [1.29, 1.82) is 0 Å². The highest BCUT2D eigenvalue weighted by Crippen LogP contribution is 2.59. The van der Waals surface area contributed by atoms with Crippen LogP contribution in [0.4, 0.5) is 26.3 Å². The molecule has 1 aromatic carbocycles. The Balaban J connectivity index is 1.64. The lowest BCUT2D eigenvalue weighted by Gasteiger charge is -2.24. The van der Waals surface area contributed by atoms with Gasteiger partial charge in [-0.1, -0.05) is 12.1 Å². The molecule has 0 spiro atoms. The summed E-state index contributed by atoms with van der Waals surface area (Å²) >= 11 is 0. The first kappa shape index (κ1) is 25.3. The average Bonchev–Trinajstić information content (AvgIpc) is 3.13. The van der Waals surface area contributed by atoms with Crippen LogP contribution in [0.5, 0.6) is 5.75 Å². The number of likely N-dealkylation sites (tertiary alicyclic amines) is 1. The van der Waals surface area contributed by atoms with Crippen molar-refractivity contribution in [1.82, 2.24) is 10.1 Å². The predicted octanol–water partition coefficient (Wildman–Crippen LogP) is 4.23. The SMILES string of the molecule is CCS(=O)(=O)c1ccc(O[C@H](C)C(F)(F)F)c(C(=O)N2CC3C[C@]3(c3cc(C(F)(F)F)on3)C2)c1. The van der Waals surface area contributed by atoms with E-state index in [2.05, 4.69) is 9.68 Å². The number of carbonyl (C=O) groups is 1. The summed E-state index contributed by atoms with van der Waals surface area (Å²) in [6.07, 6.45) is -11.3. The summed E-state index contributed by atoms with van der Waals surface area (Å²) in [5.74, 6) is -3.05. The van der Waals surface area contributed by atoms with E-state index < -0.39 is 51.1 Å². The Hall–Kier alpha value is -2.77. The molecule has 4 rings (SSSR count). The van der Waals surface area contributed by atoms with Crippen LogP contribution < -0.4 is 4.74 Å². The number of hydrogen-bond donors (Lipinski definition) is 0. The van der Waals surface area contributed by atoms with Crippen LogP contribution in [0.15, 0.2) is 33.7 Å². The number of amides is 1. The quantitative estimate of drug-likeness (QED) is 0.524. The van der Waals surface area contributed by atoms with Crippen LogP contribution in [0.2, 0.25) is 0 Å². The Morgan fingerprint density at radius 1 is 1.26 bits per heavy atom. The summed E-state index contributed by atoms with van der Waals surface area (Å²) in [6.45, 7) is 2.16. The van der Waals surface area contributed by atoms with Gasteiger partial charge in [0.05, 0.1) is 21.9 Å². The molecule has 1 aliphatic carbocycles. The highest BCUT2D eigenvalue weighted by molar-refractivity contribution is 7.91. The summed E-state index contributed by atoms with van der Waals surface area (Å²) in [6, 6.07) is 3.80. The Morgan fingerprint density at radius 2 is 1.94 bits per heavy atom. The molecule has 1 amide bonds. The fraction of sp³-hybridized carbons (Fsp3) is 0.524. The number of benzene rings is 1. The van der Waals surface area contributed by atoms with Gasteiger partial charge < -0.3 is 14.2 Å². The van der Waals surface area contributed by atoms with Crippen LogP contribution in [0.3, 0.4) is 0 Å². The first-order valence-corrected chi connectivity index (χ1v) is 12.2. The van der Waals surface area contributed by atoms with E-state index in [1.807, 2.05) is 0 Å². The van der Waals surface area contributed by atoms with E-state index in [0.717, 1.165) is 31.2 Å². The minimum atomic E-state index is -4.74. The molecule has 2 heterocycles. The van der Waals surface area contributed by atoms with E-state index in [0.29, 0.717) is 6.42 Å². The van der Waals surface area contributed by atoms with Crippen molar-refractivity contribution >= 4 is 15.7 Å². The van der Waals surface area contributed by atoms with Crippen LogP contribution >= 0.6 is 0 Å². The minimum Gasteiger partial charge on any atom is -0.480 e. The molecule has 192 valence electrons. The van der Waals surface area contributed by atoms with Gasteiger partial charge in [-0.25, -0.2) is 8.42 Å². The van der Waals surface area contributed by atoms with E-state index >= 15 is 0 Å². The number of rotatable bonds is 6. The zero-order valence-corrected chi connectivity index (χ0v) is 19.2. The van der Waals surface area contributed by atoms with Crippen LogP contribution in [0.1, 0.15) is 42.1 Å². The molecular weight excluding hydrogens is 506 g/mol. The van der Waals surface area contributed by atoms with Crippen molar-refractivity contribution < 1.29 is 48.8 Å². The Kier molecular flexibility index (Phi) is 5.89. The fourth-order valence-electron chi connectivity index (χ4n) is 4.24. The van der Waals surface area contributed by atoms with Gasteiger partial charge in [0, 0.05) is 24.6 Å². The molecular formula is C21H20F6N2O5S. The van der Waals surface area contributed by atoms with Gasteiger partial charge in [-0.2, -0.15) is 26.3 Å². The summed E-state index contributed by atoms with van der Waals surface area (Å²) in [5, 5.41) is 3.52. The summed E-state index contributed by atoms with van der Waals surface area (Å²) in [4.78, 5) is 14.3. The van der Waals surface area contributed by atoms with Gasteiger partial charge in [0.1, 0.15) is 5.75 Å². The number of carbonyl (C=O) groups excluding carboxylic acids is 1. The minimum absolute atomic E-state index is 0.0367. The van der Waals surface area contributed by atoms with Crippen LogP contribution in [0, 0.1) is 5.92 Å². The largest absolute Gasteiger partial charge is 0.480 e. The normalized spacial score (nSPS) is 23.2. The topological polar surface area (TPSA) is 89.7 Å². The molecule has 1 aromatic heterocycles. The maximum Gasteiger partial charge on any atom is 0.452 e. The van der Waals surface area contributed by atoms with Crippen molar-refractivity contribution in [2.75, 3.05) is 18.8 Å². The van der Waals surface area contributed by atoms with Crippen LogP contribution in [-0.2, 0) is 21.4 Å². The number of ether oxygens (including phenoxy) is 1. The summed E-state index contributed by atoms with van der Waals surface area (Å²) in [7, 11) is -3.80. The molecule has 1 aliphatic heterocycles. The first-order valence-electron chi connectivity index (χ1n) is 10.5. The van der Waals surface area contributed by atoms with Crippen molar-refractivity contribution in [3.05, 3.63) is 41.3 Å². The van der Waals surface area contributed by atoms with Gasteiger partial charge in [-0.3, -0.25) is 4.79 Å². The lowest BCUT2D eigenvalue weighted by atomic mass is 10.0. The number of piperidine rings is 1. The van der Waals surface area contributed by atoms with Gasteiger partial charge in [-0.05, 0) is 37.5 Å². The lowest BCUT2D eigenvalue weighted by molar-refractivity contribution is -0.189. The first-order chi connectivity index (χ1) is 16.1. The maximum absolute atomic E-state index is 13.3. The van der Waals surface area contributed by atoms with Crippen LogP contribution in [0.25, 0.3) is 0 Å². The molecule has 1 unspecified atom stereocenters. The smallest absolute Gasteiger partial charge is 0.452 e. The predicted molar refractivity (Wildman–Crippen MR) is 108 cm³/mol. The number of halogens is 6. The Labute approximate surface area is 195 Å². The number of fused-ring (bicyclic) bond motifs is 1. The molecule has 1 saturated carbocycles. The number of alkyl halides is 6. The van der Waals surface area contributed by atoms with Gasteiger partial charge in [0.25, 0.3) is 5.91 Å². The molecule has 3 atom stereocenters. The van der Waals surface area contributed by atoms with E-state index in [1.165, 1.54) is 11.8 Å². The van der Waals surface area contributed by atoms with Crippen molar-refractivity contribution in [2.45, 2.75) is 49.0 Å². The second kappa shape index (κ2) is 8.14. The number of nitrogens with zero attached hydrogens (tertiary/aromatic N) is 2. The summed E-state index contributed by atoms with van der Waals surface area (Å²) in [5.41, 5.74) is -1.21. The molecule has 35 heavy (non-hydrogen) atoms. The maximum atomic E-state index is 13.3. The number of aromatic nitrogens is 1. The molecule has 1 saturated heterocycles. The van der Waals surface area contributed by atoms with Gasteiger partial charge >= 0.3 is 12.4 Å².